The van der Waals surface area contributed by atoms with E-state index in [2.05, 4.69) is 0 Å². The van der Waals surface area contributed by atoms with Gasteiger partial charge in [-0.1, -0.05) is 65.7 Å². The van der Waals surface area contributed by atoms with E-state index in [4.69, 9.17) is 11.6 Å². The number of fused-ring (bicyclic) bond motifs is 1. The normalized spacial score (nSPS) is 22.1. The predicted octanol–water partition coefficient (Wildman–Crippen LogP) is 5.86. The van der Waals surface area contributed by atoms with E-state index in [1.807, 2.05) is 49.4 Å². The zero-order valence-corrected chi connectivity index (χ0v) is 23.0. The molecule has 0 aromatic heterocycles. The molecule has 0 bridgehead atoms. The number of aromatic hydroxyl groups is 1. The summed E-state index contributed by atoms with van der Waals surface area (Å²) in [5.41, 5.74) is 4.68. The van der Waals surface area contributed by atoms with Gasteiger partial charge in [-0.3, -0.25) is 14.5 Å². The molecule has 3 aromatic rings. The van der Waals surface area contributed by atoms with Crippen LogP contribution in [0.1, 0.15) is 37.3 Å². The van der Waals surface area contributed by atoms with Gasteiger partial charge >= 0.3 is 0 Å². The average molecular weight is 558 g/mol. The lowest BCUT2D eigenvalue weighted by Crippen LogP contribution is -2.38. The van der Waals surface area contributed by atoms with E-state index < -0.39 is 23.9 Å². The van der Waals surface area contributed by atoms with Crippen LogP contribution in [0.15, 0.2) is 90.0 Å². The number of amides is 2. The topological polar surface area (TPSA) is 98.1 Å². The maximum absolute atomic E-state index is 13.6. The van der Waals surface area contributed by atoms with Crippen molar-refractivity contribution >= 4 is 40.8 Å². The highest BCUT2D eigenvalue weighted by molar-refractivity contribution is 6.32. The fourth-order valence-electron chi connectivity index (χ4n) is 6.17. The first kappa shape index (κ1) is 27.8. The molecule has 2 amide bonds. The Morgan fingerprint density at radius 1 is 1.02 bits per heavy atom. The second-order valence-electron chi connectivity index (χ2n) is 10.5. The highest BCUT2D eigenvalue weighted by Gasteiger charge is 2.54. The van der Waals surface area contributed by atoms with Gasteiger partial charge in [0.1, 0.15) is 5.75 Å². The van der Waals surface area contributed by atoms with E-state index in [-0.39, 0.29) is 24.2 Å². The van der Waals surface area contributed by atoms with Gasteiger partial charge in [0, 0.05) is 5.92 Å². The highest BCUT2D eigenvalue weighted by Crippen LogP contribution is 2.47. The van der Waals surface area contributed by atoms with E-state index in [9.17, 15) is 24.9 Å². The zero-order valence-electron chi connectivity index (χ0n) is 22.2. The number of allylic oxidation sites excluding steroid dienone is 2. The molecule has 3 N–H and O–H groups in total. The van der Waals surface area contributed by atoms with Crippen LogP contribution in [0, 0.1) is 17.8 Å². The molecule has 1 fully saturated rings. The molecular weight excluding hydrogens is 526 g/mol. The van der Waals surface area contributed by atoms with Crippen LogP contribution in [0.4, 0.5) is 5.69 Å². The fourth-order valence-corrected chi connectivity index (χ4v) is 6.40. The second kappa shape index (κ2) is 11.8. The Morgan fingerprint density at radius 3 is 2.35 bits per heavy atom. The molecule has 206 valence electrons. The van der Waals surface area contributed by atoms with Crippen molar-refractivity contribution in [2.45, 2.75) is 32.3 Å². The van der Waals surface area contributed by atoms with E-state index >= 15 is 0 Å². The summed E-state index contributed by atoms with van der Waals surface area (Å²) in [5.74, 6) is -2.42. The second-order valence-corrected chi connectivity index (χ2v) is 10.9. The number of hydrogen-bond acceptors (Lipinski definition) is 5. The lowest BCUT2D eigenvalue weighted by atomic mass is 9.68. The van der Waals surface area contributed by atoms with Crippen molar-refractivity contribution in [2.75, 3.05) is 11.5 Å². The standard InChI is InChI=1S/C33H32ClNO5/c1-20-16-26-31(33(40)35(32(26)39)24-10-6-3-7-11-24)27(19-36)30(20)29(38)15-13-22(21-8-4-2-5-9-21)17-23-12-14-25(37)18-28(23)34/h2-12,14,17-18,26-27,29,31,36-38H,13,15-16,19H2,1H3/b22-17-/t26-,27+,29-,31-/m1/s1. The summed E-state index contributed by atoms with van der Waals surface area (Å²) < 4.78 is 0. The minimum Gasteiger partial charge on any atom is -0.508 e. The number of aliphatic hydroxyl groups excluding tert-OH is 2. The number of phenolic OH excluding ortho intramolecular Hbond substituents is 1. The molecular formula is C33H32ClNO5. The number of nitrogens with zero attached hydrogens (tertiary/aromatic N) is 1. The van der Waals surface area contributed by atoms with Crippen molar-refractivity contribution in [1.82, 2.24) is 0 Å². The highest BCUT2D eigenvalue weighted by atomic mass is 35.5. The molecule has 1 aliphatic carbocycles. The van der Waals surface area contributed by atoms with Gasteiger partial charge in [-0.25, -0.2) is 0 Å². The van der Waals surface area contributed by atoms with Crippen molar-refractivity contribution in [3.63, 3.8) is 0 Å². The summed E-state index contributed by atoms with van der Waals surface area (Å²) in [6.07, 6.45) is 2.25. The number of rotatable bonds is 8. The van der Waals surface area contributed by atoms with Crippen molar-refractivity contribution in [2.24, 2.45) is 17.8 Å². The number of carbonyl (C=O) groups is 2. The Morgan fingerprint density at radius 2 is 1.70 bits per heavy atom. The molecule has 7 heteroatoms. The van der Waals surface area contributed by atoms with Gasteiger partial charge in [0.05, 0.1) is 35.3 Å². The van der Waals surface area contributed by atoms with Crippen molar-refractivity contribution in [3.05, 3.63) is 106 Å². The van der Waals surface area contributed by atoms with E-state index in [0.717, 1.165) is 22.3 Å². The molecule has 0 saturated carbocycles. The monoisotopic (exact) mass is 557 g/mol. The van der Waals surface area contributed by atoms with E-state index in [0.29, 0.717) is 35.5 Å². The molecule has 0 unspecified atom stereocenters. The molecule has 6 nitrogen and oxygen atoms in total. The number of phenols is 1. The Kier molecular flexibility index (Phi) is 8.22. The summed E-state index contributed by atoms with van der Waals surface area (Å²) in [6.45, 7) is 1.54. The zero-order chi connectivity index (χ0) is 28.4. The third-order valence-electron chi connectivity index (χ3n) is 8.04. The van der Waals surface area contributed by atoms with Gasteiger partial charge in [-0.2, -0.15) is 0 Å². The number of benzene rings is 3. The quantitative estimate of drug-likeness (QED) is 0.183. The molecule has 0 spiro atoms. The van der Waals surface area contributed by atoms with Crippen LogP contribution in [0.3, 0.4) is 0 Å². The molecule has 40 heavy (non-hydrogen) atoms. The molecule has 2 aliphatic rings. The van der Waals surface area contributed by atoms with Crippen molar-refractivity contribution < 1.29 is 24.9 Å². The first-order valence-corrected chi connectivity index (χ1v) is 13.8. The Balaban J connectivity index is 1.41. The molecule has 3 aromatic carbocycles. The van der Waals surface area contributed by atoms with Crippen molar-refractivity contribution in [1.29, 1.82) is 0 Å². The van der Waals surface area contributed by atoms with Crippen LogP contribution in [0.2, 0.25) is 5.02 Å². The van der Waals surface area contributed by atoms with Gasteiger partial charge in [0.15, 0.2) is 0 Å². The first-order valence-electron chi connectivity index (χ1n) is 13.5. The average Bonchev–Trinajstić information content (AvgIpc) is 3.20. The van der Waals surface area contributed by atoms with E-state index in [1.165, 1.54) is 11.0 Å². The summed E-state index contributed by atoms with van der Waals surface area (Å²) in [4.78, 5) is 28.1. The summed E-state index contributed by atoms with van der Waals surface area (Å²) in [6, 6.07) is 23.4. The minimum absolute atomic E-state index is 0.0812. The van der Waals surface area contributed by atoms with Crippen LogP contribution in [0.25, 0.3) is 11.6 Å². The van der Waals surface area contributed by atoms with Gasteiger partial charge in [0.2, 0.25) is 11.8 Å². The molecule has 0 radical (unpaired) electrons. The largest absolute Gasteiger partial charge is 0.508 e. The SMILES string of the molecule is CC1=C([C@H](O)CC/C(=C/c2ccc(O)cc2Cl)c2ccccc2)[C@H](CO)[C@@H]2C(=O)N(c3ccccc3)C(=O)[C@@H]2C1. The maximum Gasteiger partial charge on any atom is 0.238 e. The number of halogens is 1. The van der Waals surface area contributed by atoms with Gasteiger partial charge in [0.25, 0.3) is 0 Å². The summed E-state index contributed by atoms with van der Waals surface area (Å²) in [5, 5.41) is 32.1. The Hall–Kier alpha value is -3.71. The number of imide groups is 1. The van der Waals surface area contributed by atoms with Crippen LogP contribution in [-0.4, -0.2) is 39.8 Å². The van der Waals surface area contributed by atoms with Crippen LogP contribution in [0.5, 0.6) is 5.75 Å². The van der Waals surface area contributed by atoms with Crippen molar-refractivity contribution in [3.8, 4) is 5.75 Å². The third-order valence-corrected chi connectivity index (χ3v) is 8.37. The number of carbonyl (C=O) groups excluding carboxylic acids is 2. The number of hydrogen-bond donors (Lipinski definition) is 3. The minimum atomic E-state index is -0.908. The third kappa shape index (κ3) is 5.35. The predicted molar refractivity (Wildman–Crippen MR) is 156 cm³/mol. The summed E-state index contributed by atoms with van der Waals surface area (Å²) >= 11 is 6.38. The van der Waals surface area contributed by atoms with Crippen LogP contribution < -0.4 is 4.90 Å². The number of anilines is 1. The fraction of sp³-hybridized carbons (Fsp3) is 0.273. The smallest absolute Gasteiger partial charge is 0.238 e. The van der Waals surface area contributed by atoms with Gasteiger partial charge in [-0.05, 0) is 84.9 Å². The Bertz CT molecular complexity index is 1470. The van der Waals surface area contributed by atoms with Crippen LogP contribution >= 0.6 is 11.6 Å². The van der Waals surface area contributed by atoms with Crippen LogP contribution in [-0.2, 0) is 9.59 Å². The van der Waals surface area contributed by atoms with Gasteiger partial charge < -0.3 is 15.3 Å². The lowest BCUT2D eigenvalue weighted by Gasteiger charge is -2.35. The Labute approximate surface area is 238 Å². The van der Waals surface area contributed by atoms with E-state index in [1.54, 1.807) is 36.4 Å². The summed E-state index contributed by atoms with van der Waals surface area (Å²) in [7, 11) is 0. The lowest BCUT2D eigenvalue weighted by molar-refractivity contribution is -0.123. The first-order chi connectivity index (χ1) is 19.3. The van der Waals surface area contributed by atoms with Gasteiger partial charge in [-0.15, -0.1) is 0 Å². The molecule has 4 atom stereocenters. The molecule has 1 aliphatic heterocycles. The molecule has 1 heterocycles. The number of para-hydroxylation sites is 1. The number of aliphatic hydroxyl groups is 2. The maximum atomic E-state index is 13.6. The molecule has 5 rings (SSSR count). The molecule has 1 saturated heterocycles.